The molecule has 0 saturated carbocycles. The standard InChI is InChI=1S/C11H26N4O2S/c1-12-6-4-7-15(3)18(16,17)13-9-11-5-8-14(2)10-11/h11-13H,4-10H2,1-3H3. The van der Waals surface area contributed by atoms with Crippen molar-refractivity contribution in [2.45, 2.75) is 12.8 Å². The molecular weight excluding hydrogens is 252 g/mol. The Hall–Kier alpha value is -0.210. The van der Waals surface area contributed by atoms with E-state index in [1.807, 2.05) is 7.05 Å². The zero-order chi connectivity index (χ0) is 13.6. The number of nitrogens with one attached hydrogen (secondary N) is 2. The van der Waals surface area contributed by atoms with Crippen molar-refractivity contribution in [3.8, 4) is 0 Å². The van der Waals surface area contributed by atoms with E-state index < -0.39 is 10.2 Å². The Balaban J connectivity index is 2.30. The second-order valence-corrected chi connectivity index (χ2v) is 6.91. The van der Waals surface area contributed by atoms with E-state index in [0.717, 1.165) is 32.5 Å². The van der Waals surface area contributed by atoms with Gasteiger partial charge in [0.1, 0.15) is 0 Å². The minimum atomic E-state index is -3.31. The predicted molar refractivity (Wildman–Crippen MR) is 73.7 cm³/mol. The molecular formula is C11H26N4O2S. The van der Waals surface area contributed by atoms with Gasteiger partial charge in [-0.05, 0) is 45.9 Å². The Bertz CT molecular complexity index is 334. The Morgan fingerprint density at radius 1 is 1.44 bits per heavy atom. The molecule has 0 aromatic heterocycles. The average Bonchev–Trinajstić information content (AvgIpc) is 2.73. The fourth-order valence-corrected chi connectivity index (χ4v) is 3.16. The molecule has 7 heteroatoms. The fourth-order valence-electron chi connectivity index (χ4n) is 2.12. The first-order chi connectivity index (χ1) is 8.45. The Kier molecular flexibility index (Phi) is 6.51. The van der Waals surface area contributed by atoms with E-state index in [1.165, 1.54) is 4.31 Å². The second kappa shape index (κ2) is 7.40. The van der Waals surface area contributed by atoms with Gasteiger partial charge in [-0.1, -0.05) is 0 Å². The highest BCUT2D eigenvalue weighted by atomic mass is 32.2. The Morgan fingerprint density at radius 3 is 2.72 bits per heavy atom. The van der Waals surface area contributed by atoms with Crippen LogP contribution < -0.4 is 10.0 Å². The van der Waals surface area contributed by atoms with Crippen LogP contribution in [0.1, 0.15) is 12.8 Å². The van der Waals surface area contributed by atoms with E-state index in [9.17, 15) is 8.42 Å². The van der Waals surface area contributed by atoms with Gasteiger partial charge in [0.05, 0.1) is 0 Å². The summed E-state index contributed by atoms with van der Waals surface area (Å²) in [7, 11) is 2.25. The maximum atomic E-state index is 11.9. The molecule has 1 aliphatic rings. The van der Waals surface area contributed by atoms with Gasteiger partial charge in [0, 0.05) is 26.7 Å². The van der Waals surface area contributed by atoms with Gasteiger partial charge >= 0.3 is 0 Å². The molecule has 0 bridgehead atoms. The number of rotatable bonds is 8. The molecule has 2 N–H and O–H groups in total. The van der Waals surface area contributed by atoms with E-state index >= 15 is 0 Å². The molecule has 0 amide bonds. The highest BCUT2D eigenvalue weighted by Crippen LogP contribution is 2.13. The molecule has 108 valence electrons. The van der Waals surface area contributed by atoms with Crippen LogP contribution in [0, 0.1) is 5.92 Å². The topological polar surface area (TPSA) is 64.7 Å². The molecule has 0 spiro atoms. The molecule has 1 saturated heterocycles. The van der Waals surface area contributed by atoms with Gasteiger partial charge in [0.2, 0.25) is 0 Å². The smallest absolute Gasteiger partial charge is 0.279 e. The van der Waals surface area contributed by atoms with Crippen molar-refractivity contribution in [1.82, 2.24) is 19.2 Å². The molecule has 6 nitrogen and oxygen atoms in total. The number of nitrogens with zero attached hydrogens (tertiary/aromatic N) is 2. The average molecular weight is 278 g/mol. The summed E-state index contributed by atoms with van der Waals surface area (Å²) in [5.41, 5.74) is 0. The van der Waals surface area contributed by atoms with E-state index in [4.69, 9.17) is 0 Å². The fraction of sp³-hybridized carbons (Fsp3) is 1.00. The number of hydrogen-bond donors (Lipinski definition) is 2. The molecule has 1 rings (SSSR count). The van der Waals surface area contributed by atoms with Crippen molar-refractivity contribution in [2.24, 2.45) is 5.92 Å². The monoisotopic (exact) mass is 278 g/mol. The first-order valence-electron chi connectivity index (χ1n) is 6.49. The van der Waals surface area contributed by atoms with Crippen LogP contribution in [0.25, 0.3) is 0 Å². The quantitative estimate of drug-likeness (QED) is 0.577. The first kappa shape index (κ1) is 15.8. The number of likely N-dealkylation sites (tertiary alicyclic amines) is 1. The van der Waals surface area contributed by atoms with E-state index in [1.54, 1.807) is 7.05 Å². The molecule has 0 aliphatic carbocycles. The summed E-state index contributed by atoms with van der Waals surface area (Å²) in [6.07, 6.45) is 1.89. The normalized spacial score (nSPS) is 21.9. The van der Waals surface area contributed by atoms with E-state index in [2.05, 4.69) is 22.0 Å². The zero-order valence-electron chi connectivity index (χ0n) is 11.6. The molecule has 18 heavy (non-hydrogen) atoms. The van der Waals surface area contributed by atoms with Gasteiger partial charge in [-0.25, -0.2) is 4.72 Å². The molecule has 0 aromatic rings. The van der Waals surface area contributed by atoms with Gasteiger partial charge in [-0.15, -0.1) is 0 Å². The van der Waals surface area contributed by atoms with Crippen LogP contribution >= 0.6 is 0 Å². The SMILES string of the molecule is CNCCCN(C)S(=O)(=O)NCC1CCN(C)C1. The Morgan fingerprint density at radius 2 is 2.17 bits per heavy atom. The lowest BCUT2D eigenvalue weighted by Gasteiger charge is -2.19. The summed E-state index contributed by atoms with van der Waals surface area (Å²) >= 11 is 0. The van der Waals surface area contributed by atoms with Crippen LogP contribution in [0.15, 0.2) is 0 Å². The van der Waals surface area contributed by atoms with Crippen LogP contribution in [0.5, 0.6) is 0 Å². The van der Waals surface area contributed by atoms with Crippen molar-refractivity contribution < 1.29 is 8.42 Å². The third-order valence-corrected chi connectivity index (χ3v) is 4.89. The van der Waals surface area contributed by atoms with Crippen LogP contribution in [-0.2, 0) is 10.2 Å². The molecule has 0 radical (unpaired) electrons. The molecule has 1 atom stereocenters. The van der Waals surface area contributed by atoms with E-state index in [0.29, 0.717) is 19.0 Å². The van der Waals surface area contributed by atoms with Gasteiger partial charge in [0.25, 0.3) is 10.2 Å². The van der Waals surface area contributed by atoms with Gasteiger partial charge in [-0.2, -0.15) is 12.7 Å². The summed E-state index contributed by atoms with van der Waals surface area (Å²) in [4.78, 5) is 2.23. The lowest BCUT2D eigenvalue weighted by atomic mass is 10.1. The summed E-state index contributed by atoms with van der Waals surface area (Å²) in [5, 5.41) is 3.01. The zero-order valence-corrected chi connectivity index (χ0v) is 12.5. The second-order valence-electron chi connectivity index (χ2n) is 5.05. The van der Waals surface area contributed by atoms with E-state index in [-0.39, 0.29) is 0 Å². The third kappa shape index (κ3) is 5.19. The van der Waals surface area contributed by atoms with Crippen molar-refractivity contribution in [3.05, 3.63) is 0 Å². The Labute approximate surface area is 111 Å². The molecule has 1 aliphatic heterocycles. The van der Waals surface area contributed by atoms with Gasteiger partial charge in [0.15, 0.2) is 0 Å². The molecule has 0 aromatic carbocycles. The molecule has 1 unspecified atom stereocenters. The minimum absolute atomic E-state index is 0.440. The maximum absolute atomic E-state index is 11.9. The maximum Gasteiger partial charge on any atom is 0.279 e. The molecule has 1 fully saturated rings. The van der Waals surface area contributed by atoms with Crippen LogP contribution in [0.2, 0.25) is 0 Å². The lowest BCUT2D eigenvalue weighted by molar-refractivity contribution is 0.391. The molecule has 1 heterocycles. The highest BCUT2D eigenvalue weighted by Gasteiger charge is 2.23. The van der Waals surface area contributed by atoms with Crippen molar-refractivity contribution in [3.63, 3.8) is 0 Å². The third-order valence-electron chi connectivity index (χ3n) is 3.35. The van der Waals surface area contributed by atoms with Crippen molar-refractivity contribution in [1.29, 1.82) is 0 Å². The largest absolute Gasteiger partial charge is 0.320 e. The summed E-state index contributed by atoms with van der Waals surface area (Å²) in [6, 6.07) is 0. The van der Waals surface area contributed by atoms with Gasteiger partial charge < -0.3 is 10.2 Å². The van der Waals surface area contributed by atoms with Crippen LogP contribution in [-0.4, -0.2) is 71.5 Å². The first-order valence-corrected chi connectivity index (χ1v) is 7.94. The summed E-state index contributed by atoms with van der Waals surface area (Å²) < 4.78 is 28.0. The number of hydrogen-bond acceptors (Lipinski definition) is 4. The van der Waals surface area contributed by atoms with Crippen LogP contribution in [0.4, 0.5) is 0 Å². The lowest BCUT2D eigenvalue weighted by Crippen LogP contribution is -2.41. The van der Waals surface area contributed by atoms with Crippen molar-refractivity contribution >= 4 is 10.2 Å². The van der Waals surface area contributed by atoms with Crippen molar-refractivity contribution in [2.75, 3.05) is 53.9 Å². The highest BCUT2D eigenvalue weighted by molar-refractivity contribution is 7.87. The van der Waals surface area contributed by atoms with Gasteiger partial charge in [-0.3, -0.25) is 0 Å². The summed E-state index contributed by atoms with van der Waals surface area (Å²) in [5.74, 6) is 0.440. The predicted octanol–water partition coefficient (Wildman–Crippen LogP) is -0.686. The summed E-state index contributed by atoms with van der Waals surface area (Å²) in [6.45, 7) is 3.95. The van der Waals surface area contributed by atoms with Crippen LogP contribution in [0.3, 0.4) is 0 Å². The minimum Gasteiger partial charge on any atom is -0.320 e.